The molecule has 0 spiro atoms. The number of amides is 2. The summed E-state index contributed by atoms with van der Waals surface area (Å²) in [7, 11) is 0. The first-order valence-corrected chi connectivity index (χ1v) is 12.2. The van der Waals surface area contributed by atoms with Crippen LogP contribution in [0.15, 0.2) is 18.2 Å². The number of hydrogen-bond acceptors (Lipinski definition) is 5. The van der Waals surface area contributed by atoms with Crippen molar-refractivity contribution < 1.29 is 9.59 Å². The van der Waals surface area contributed by atoms with Crippen LogP contribution in [-0.4, -0.2) is 57.8 Å². The maximum absolute atomic E-state index is 13.3. The smallest absolute Gasteiger partial charge is 0.264 e. The summed E-state index contributed by atoms with van der Waals surface area (Å²) in [5.74, 6) is 1.25. The van der Waals surface area contributed by atoms with Gasteiger partial charge in [-0.2, -0.15) is 0 Å². The van der Waals surface area contributed by atoms with Gasteiger partial charge in [0.05, 0.1) is 10.6 Å². The van der Waals surface area contributed by atoms with Gasteiger partial charge in [0.15, 0.2) is 0 Å². The van der Waals surface area contributed by atoms with E-state index >= 15 is 0 Å². The molecule has 0 N–H and O–H groups in total. The summed E-state index contributed by atoms with van der Waals surface area (Å²) in [4.78, 5) is 40.8. The molecule has 9 heteroatoms. The van der Waals surface area contributed by atoms with E-state index < -0.39 is 0 Å². The molecule has 166 valence electrons. The molecule has 2 fully saturated rings. The normalized spacial score (nSPS) is 16.6. The summed E-state index contributed by atoms with van der Waals surface area (Å²) in [6.07, 6.45) is 2.29. The van der Waals surface area contributed by atoms with E-state index in [1.54, 1.807) is 23.1 Å². The van der Waals surface area contributed by atoms with Crippen LogP contribution >= 0.6 is 34.5 Å². The zero-order valence-electron chi connectivity index (χ0n) is 17.8. The summed E-state index contributed by atoms with van der Waals surface area (Å²) >= 11 is 13.5. The maximum Gasteiger partial charge on any atom is 0.264 e. The Kier molecular flexibility index (Phi) is 5.60. The van der Waals surface area contributed by atoms with Crippen LogP contribution in [0.1, 0.15) is 55.9 Å². The van der Waals surface area contributed by atoms with Crippen LogP contribution in [-0.2, 0) is 0 Å². The van der Waals surface area contributed by atoms with Crippen LogP contribution < -0.4 is 0 Å². The zero-order valence-corrected chi connectivity index (χ0v) is 20.1. The largest absolute Gasteiger partial charge is 0.335 e. The molecule has 0 unspecified atom stereocenters. The van der Waals surface area contributed by atoms with Crippen molar-refractivity contribution in [2.45, 2.75) is 32.6 Å². The van der Waals surface area contributed by atoms with Crippen molar-refractivity contribution in [3.05, 3.63) is 55.8 Å². The Morgan fingerprint density at radius 1 is 0.938 bits per heavy atom. The third kappa shape index (κ3) is 3.98. The Labute approximate surface area is 200 Å². The number of piperazine rings is 1. The first-order valence-electron chi connectivity index (χ1n) is 10.6. The molecule has 0 atom stereocenters. The number of rotatable bonds is 3. The number of carbonyl (C=O) groups is 2. The second kappa shape index (κ2) is 8.28. The fraction of sp³-hybridized carbons (Fsp3) is 0.391. The fourth-order valence-corrected chi connectivity index (χ4v) is 5.94. The molecular formula is C23H22Cl2N4O2S. The van der Waals surface area contributed by atoms with E-state index in [2.05, 4.69) is 4.98 Å². The van der Waals surface area contributed by atoms with Crippen molar-refractivity contribution in [1.29, 1.82) is 0 Å². The Morgan fingerprint density at radius 3 is 2.12 bits per heavy atom. The standard InChI is InChI=1S/C23H22Cl2N4O2S/c1-12-18-13(2)26-20(14-3-4-14)27-21(18)32-19(12)23(31)29-7-5-28(6-8-29)22(30)15-9-16(24)11-17(25)10-15/h9-11,14H,3-8H2,1-2H3. The molecule has 5 rings (SSSR count). The number of hydrogen-bond donors (Lipinski definition) is 0. The van der Waals surface area contributed by atoms with Gasteiger partial charge in [0, 0.05) is 53.1 Å². The molecule has 3 heterocycles. The van der Waals surface area contributed by atoms with Gasteiger partial charge in [-0.3, -0.25) is 9.59 Å². The molecule has 2 aromatic heterocycles. The van der Waals surface area contributed by atoms with Gasteiger partial charge < -0.3 is 9.80 Å². The highest BCUT2D eigenvalue weighted by molar-refractivity contribution is 7.20. The zero-order chi connectivity index (χ0) is 22.6. The lowest BCUT2D eigenvalue weighted by molar-refractivity contribution is 0.0538. The third-order valence-corrected chi connectivity index (χ3v) is 7.70. The molecule has 1 aliphatic heterocycles. The highest BCUT2D eigenvalue weighted by atomic mass is 35.5. The number of thiophene rings is 1. The van der Waals surface area contributed by atoms with Gasteiger partial charge in [-0.15, -0.1) is 11.3 Å². The molecule has 2 aliphatic rings. The number of nitrogens with zero attached hydrogens (tertiary/aromatic N) is 4. The third-order valence-electron chi connectivity index (χ3n) is 6.09. The summed E-state index contributed by atoms with van der Waals surface area (Å²) in [5, 5.41) is 1.85. The molecule has 2 amide bonds. The van der Waals surface area contributed by atoms with Gasteiger partial charge in [0.2, 0.25) is 0 Å². The quantitative estimate of drug-likeness (QED) is 0.514. The van der Waals surface area contributed by atoms with E-state index in [4.69, 9.17) is 28.2 Å². The Bertz CT molecular complexity index is 1230. The minimum atomic E-state index is -0.127. The average molecular weight is 489 g/mol. The summed E-state index contributed by atoms with van der Waals surface area (Å²) in [6.45, 7) is 5.85. The van der Waals surface area contributed by atoms with Crippen LogP contribution in [0, 0.1) is 13.8 Å². The second-order valence-corrected chi connectivity index (χ2v) is 10.3. The molecule has 1 aliphatic carbocycles. The number of fused-ring (bicyclic) bond motifs is 1. The molecule has 32 heavy (non-hydrogen) atoms. The number of aromatic nitrogens is 2. The maximum atomic E-state index is 13.3. The summed E-state index contributed by atoms with van der Waals surface area (Å²) in [5.41, 5.74) is 2.35. The number of aryl methyl sites for hydroxylation is 2. The van der Waals surface area contributed by atoms with Crippen molar-refractivity contribution in [2.24, 2.45) is 0 Å². The fourth-order valence-electron chi connectivity index (χ4n) is 4.20. The average Bonchev–Trinajstić information content (AvgIpc) is 3.56. The minimum Gasteiger partial charge on any atom is -0.335 e. The molecule has 1 saturated carbocycles. The van der Waals surface area contributed by atoms with Crippen molar-refractivity contribution in [2.75, 3.05) is 26.2 Å². The molecule has 0 radical (unpaired) electrons. The van der Waals surface area contributed by atoms with Crippen molar-refractivity contribution in [1.82, 2.24) is 19.8 Å². The van der Waals surface area contributed by atoms with Crippen LogP contribution in [0.2, 0.25) is 10.0 Å². The van der Waals surface area contributed by atoms with Gasteiger partial charge >= 0.3 is 0 Å². The van der Waals surface area contributed by atoms with Crippen molar-refractivity contribution in [3.63, 3.8) is 0 Å². The van der Waals surface area contributed by atoms with E-state index in [-0.39, 0.29) is 11.8 Å². The lowest BCUT2D eigenvalue weighted by Crippen LogP contribution is -2.50. The van der Waals surface area contributed by atoms with Crippen molar-refractivity contribution in [3.8, 4) is 0 Å². The van der Waals surface area contributed by atoms with Gasteiger partial charge in [-0.05, 0) is 50.5 Å². The second-order valence-electron chi connectivity index (χ2n) is 8.42. The van der Waals surface area contributed by atoms with Crippen LogP contribution in [0.25, 0.3) is 10.2 Å². The topological polar surface area (TPSA) is 66.4 Å². The van der Waals surface area contributed by atoms with E-state index in [1.807, 2.05) is 18.7 Å². The highest BCUT2D eigenvalue weighted by Crippen LogP contribution is 2.40. The van der Waals surface area contributed by atoms with Gasteiger partial charge in [0.25, 0.3) is 11.8 Å². The molecular weight excluding hydrogens is 467 g/mol. The van der Waals surface area contributed by atoms with Crippen LogP contribution in [0.5, 0.6) is 0 Å². The van der Waals surface area contributed by atoms with Gasteiger partial charge in [0.1, 0.15) is 10.7 Å². The highest BCUT2D eigenvalue weighted by Gasteiger charge is 2.31. The summed E-state index contributed by atoms with van der Waals surface area (Å²) in [6, 6.07) is 4.84. The first kappa shape index (κ1) is 21.6. The lowest BCUT2D eigenvalue weighted by Gasteiger charge is -2.34. The number of carbonyl (C=O) groups excluding carboxylic acids is 2. The van der Waals surface area contributed by atoms with Crippen LogP contribution in [0.4, 0.5) is 0 Å². The Balaban J connectivity index is 1.32. The molecule has 3 aromatic rings. The Hall–Kier alpha value is -2.22. The lowest BCUT2D eigenvalue weighted by atomic mass is 10.1. The number of benzene rings is 1. The molecule has 1 aromatic carbocycles. The summed E-state index contributed by atoms with van der Waals surface area (Å²) < 4.78 is 0. The van der Waals surface area contributed by atoms with E-state index in [9.17, 15) is 9.59 Å². The van der Waals surface area contributed by atoms with Crippen molar-refractivity contribution >= 4 is 56.6 Å². The van der Waals surface area contributed by atoms with Crippen LogP contribution in [0.3, 0.4) is 0 Å². The minimum absolute atomic E-state index is 0.00392. The molecule has 0 bridgehead atoms. The molecule has 6 nitrogen and oxygen atoms in total. The first-order chi connectivity index (χ1) is 15.3. The Morgan fingerprint density at radius 2 is 1.53 bits per heavy atom. The van der Waals surface area contributed by atoms with Gasteiger partial charge in [-0.1, -0.05) is 23.2 Å². The predicted molar refractivity (Wildman–Crippen MR) is 127 cm³/mol. The van der Waals surface area contributed by atoms with E-state index in [0.29, 0.717) is 52.6 Å². The monoisotopic (exact) mass is 488 g/mol. The molecule has 1 saturated heterocycles. The predicted octanol–water partition coefficient (Wildman–Crippen LogP) is 5.09. The SMILES string of the molecule is Cc1nc(C2CC2)nc2sc(C(=O)N3CCN(C(=O)c4cc(Cl)cc(Cl)c4)CC3)c(C)c12. The van der Waals surface area contributed by atoms with E-state index in [1.165, 1.54) is 11.3 Å². The van der Waals surface area contributed by atoms with Gasteiger partial charge in [-0.25, -0.2) is 9.97 Å². The number of halogens is 2. The van der Waals surface area contributed by atoms with E-state index in [0.717, 1.165) is 40.1 Å².